The third kappa shape index (κ3) is 3.70. The Kier molecular flexibility index (Phi) is 5.00. The zero-order valence-corrected chi connectivity index (χ0v) is 12.3. The van der Waals surface area contributed by atoms with E-state index in [1.165, 1.54) is 30.5 Å². The minimum atomic E-state index is 0.477. The molecule has 0 aliphatic rings. The summed E-state index contributed by atoms with van der Waals surface area (Å²) in [6.45, 7) is 0. The van der Waals surface area contributed by atoms with Crippen LogP contribution >= 0.6 is 15.9 Å². The van der Waals surface area contributed by atoms with Gasteiger partial charge in [0.2, 0.25) is 0 Å². The van der Waals surface area contributed by atoms with Crippen LogP contribution in [0.25, 0.3) is 0 Å². The molecular weight excluding hydrogens is 288 g/mol. The van der Waals surface area contributed by atoms with Crippen LogP contribution in [0.4, 0.5) is 0 Å². The summed E-state index contributed by atoms with van der Waals surface area (Å²) < 4.78 is 1.96. The summed E-state index contributed by atoms with van der Waals surface area (Å²) in [6, 6.07) is 12.7. The number of aromatic nitrogens is 2. The molecule has 2 rings (SSSR count). The first-order valence-electron chi connectivity index (χ1n) is 6.43. The second kappa shape index (κ2) is 6.74. The Labute approximate surface area is 117 Å². The molecule has 0 fully saturated rings. The largest absolute Gasteiger partial charge is 0.273 e. The third-order valence-electron chi connectivity index (χ3n) is 3.22. The number of unbranched alkanes of at least 4 members (excludes halogenated alkanes) is 1. The lowest BCUT2D eigenvalue weighted by atomic mass is 10.1. The van der Waals surface area contributed by atoms with Crippen molar-refractivity contribution in [2.75, 3.05) is 0 Å². The number of hydrogen-bond acceptors (Lipinski definition) is 1. The molecule has 1 aromatic carbocycles. The smallest absolute Gasteiger partial charge is 0.0492 e. The minimum Gasteiger partial charge on any atom is -0.273 e. The van der Waals surface area contributed by atoms with E-state index in [4.69, 9.17) is 0 Å². The van der Waals surface area contributed by atoms with Gasteiger partial charge in [-0.05, 0) is 30.9 Å². The molecule has 0 aliphatic carbocycles. The van der Waals surface area contributed by atoms with Gasteiger partial charge in [0.15, 0.2) is 0 Å². The van der Waals surface area contributed by atoms with Gasteiger partial charge in [-0.25, -0.2) is 0 Å². The van der Waals surface area contributed by atoms with Crippen LogP contribution in [-0.2, 0) is 13.5 Å². The van der Waals surface area contributed by atoms with Crippen LogP contribution < -0.4 is 0 Å². The summed E-state index contributed by atoms with van der Waals surface area (Å²) in [6.07, 6.45) is 6.62. The Morgan fingerprint density at radius 3 is 2.61 bits per heavy atom. The summed E-state index contributed by atoms with van der Waals surface area (Å²) in [5, 5.41) is 4.19. The van der Waals surface area contributed by atoms with Crippen LogP contribution in [-0.4, -0.2) is 9.78 Å². The Balaban J connectivity index is 1.71. The quantitative estimate of drug-likeness (QED) is 0.575. The Morgan fingerprint density at radius 1 is 1.17 bits per heavy atom. The Bertz CT molecular complexity index is 464. The number of alkyl halides is 1. The molecule has 2 nitrogen and oxygen atoms in total. The van der Waals surface area contributed by atoms with Crippen LogP contribution in [0, 0.1) is 0 Å². The fraction of sp³-hybridized carbons (Fsp3) is 0.400. The molecule has 1 unspecified atom stereocenters. The van der Waals surface area contributed by atoms with E-state index in [0.717, 1.165) is 6.42 Å². The average molecular weight is 307 g/mol. The topological polar surface area (TPSA) is 17.8 Å². The zero-order chi connectivity index (χ0) is 12.8. The van der Waals surface area contributed by atoms with Crippen LogP contribution in [0.2, 0.25) is 0 Å². The van der Waals surface area contributed by atoms with Gasteiger partial charge in [-0.15, -0.1) is 0 Å². The van der Waals surface area contributed by atoms with E-state index in [0.29, 0.717) is 4.83 Å². The number of aryl methyl sites for hydroxylation is 2. The van der Waals surface area contributed by atoms with E-state index < -0.39 is 0 Å². The standard InChI is InChI=1S/C15H19BrN2/c1-18-14(11-12-17-18)9-5-6-10-15(16)13-7-3-2-4-8-13/h2-4,7-8,11-12,15H,5-6,9-10H2,1H3. The van der Waals surface area contributed by atoms with Crippen molar-refractivity contribution in [3.63, 3.8) is 0 Å². The highest BCUT2D eigenvalue weighted by Gasteiger charge is 2.06. The second-order valence-corrected chi connectivity index (χ2v) is 5.68. The van der Waals surface area contributed by atoms with Crippen LogP contribution in [0.5, 0.6) is 0 Å². The van der Waals surface area contributed by atoms with Gasteiger partial charge in [-0.3, -0.25) is 4.68 Å². The first-order chi connectivity index (χ1) is 8.77. The van der Waals surface area contributed by atoms with Crippen molar-refractivity contribution in [2.24, 2.45) is 7.05 Å². The fourth-order valence-corrected chi connectivity index (χ4v) is 2.73. The van der Waals surface area contributed by atoms with Crippen LogP contribution in [0.15, 0.2) is 42.6 Å². The molecule has 0 radical (unpaired) electrons. The van der Waals surface area contributed by atoms with E-state index in [1.54, 1.807) is 0 Å². The van der Waals surface area contributed by atoms with Crippen molar-refractivity contribution in [3.05, 3.63) is 53.9 Å². The van der Waals surface area contributed by atoms with Gasteiger partial charge >= 0.3 is 0 Å². The van der Waals surface area contributed by atoms with E-state index in [1.807, 2.05) is 17.9 Å². The summed E-state index contributed by atoms with van der Waals surface area (Å²) in [5.41, 5.74) is 2.69. The molecule has 0 bridgehead atoms. The molecule has 0 N–H and O–H groups in total. The highest BCUT2D eigenvalue weighted by Crippen LogP contribution is 2.28. The van der Waals surface area contributed by atoms with E-state index in [-0.39, 0.29) is 0 Å². The van der Waals surface area contributed by atoms with Gasteiger partial charge in [0.1, 0.15) is 0 Å². The lowest BCUT2D eigenvalue weighted by Crippen LogP contribution is -1.98. The number of hydrogen-bond donors (Lipinski definition) is 0. The Morgan fingerprint density at radius 2 is 1.94 bits per heavy atom. The maximum Gasteiger partial charge on any atom is 0.0492 e. The van der Waals surface area contributed by atoms with Crippen molar-refractivity contribution in [3.8, 4) is 0 Å². The first kappa shape index (κ1) is 13.3. The molecule has 1 heterocycles. The highest BCUT2D eigenvalue weighted by molar-refractivity contribution is 9.09. The number of halogens is 1. The van der Waals surface area contributed by atoms with E-state index in [2.05, 4.69) is 57.4 Å². The summed E-state index contributed by atoms with van der Waals surface area (Å²) >= 11 is 3.76. The molecule has 0 spiro atoms. The predicted molar refractivity (Wildman–Crippen MR) is 78.9 cm³/mol. The highest BCUT2D eigenvalue weighted by atomic mass is 79.9. The number of benzene rings is 1. The maximum absolute atomic E-state index is 4.19. The molecule has 0 saturated carbocycles. The number of rotatable bonds is 6. The molecule has 3 heteroatoms. The van der Waals surface area contributed by atoms with Crippen LogP contribution in [0.1, 0.15) is 35.3 Å². The summed E-state index contributed by atoms with van der Waals surface area (Å²) in [7, 11) is 2.01. The molecule has 18 heavy (non-hydrogen) atoms. The minimum absolute atomic E-state index is 0.477. The van der Waals surface area contributed by atoms with Gasteiger partial charge in [-0.2, -0.15) is 5.10 Å². The van der Waals surface area contributed by atoms with Gasteiger partial charge in [0.25, 0.3) is 0 Å². The van der Waals surface area contributed by atoms with Crippen molar-refractivity contribution in [2.45, 2.75) is 30.5 Å². The van der Waals surface area contributed by atoms with Crippen molar-refractivity contribution in [1.82, 2.24) is 9.78 Å². The second-order valence-electron chi connectivity index (χ2n) is 4.57. The van der Waals surface area contributed by atoms with E-state index >= 15 is 0 Å². The summed E-state index contributed by atoms with van der Waals surface area (Å²) in [4.78, 5) is 0.477. The molecule has 1 aromatic heterocycles. The van der Waals surface area contributed by atoms with Crippen molar-refractivity contribution >= 4 is 15.9 Å². The van der Waals surface area contributed by atoms with Gasteiger partial charge in [0, 0.05) is 23.8 Å². The van der Waals surface area contributed by atoms with Gasteiger partial charge < -0.3 is 0 Å². The Hall–Kier alpha value is -1.09. The molecule has 96 valence electrons. The maximum atomic E-state index is 4.19. The zero-order valence-electron chi connectivity index (χ0n) is 10.7. The molecule has 1 atom stereocenters. The van der Waals surface area contributed by atoms with Crippen molar-refractivity contribution in [1.29, 1.82) is 0 Å². The van der Waals surface area contributed by atoms with E-state index in [9.17, 15) is 0 Å². The summed E-state index contributed by atoms with van der Waals surface area (Å²) in [5.74, 6) is 0. The van der Waals surface area contributed by atoms with Gasteiger partial charge in [-0.1, -0.05) is 52.7 Å². The third-order valence-corrected chi connectivity index (χ3v) is 4.21. The lowest BCUT2D eigenvalue weighted by molar-refractivity contribution is 0.634. The fourth-order valence-electron chi connectivity index (χ4n) is 2.10. The molecule has 0 amide bonds. The predicted octanol–water partition coefficient (Wildman–Crippen LogP) is 4.27. The average Bonchev–Trinajstić information content (AvgIpc) is 2.81. The molecular formula is C15H19BrN2. The monoisotopic (exact) mass is 306 g/mol. The normalized spacial score (nSPS) is 12.6. The molecule has 2 aromatic rings. The van der Waals surface area contributed by atoms with Crippen molar-refractivity contribution < 1.29 is 0 Å². The van der Waals surface area contributed by atoms with Crippen LogP contribution in [0.3, 0.4) is 0 Å². The molecule has 0 saturated heterocycles. The first-order valence-corrected chi connectivity index (χ1v) is 7.35. The lowest BCUT2D eigenvalue weighted by Gasteiger charge is -2.09. The van der Waals surface area contributed by atoms with Gasteiger partial charge in [0.05, 0.1) is 0 Å². The molecule has 0 aliphatic heterocycles. The number of nitrogens with zero attached hydrogens (tertiary/aromatic N) is 2. The SMILES string of the molecule is Cn1nccc1CCCCC(Br)c1ccccc1.